The Labute approximate surface area is 207 Å². The van der Waals surface area contributed by atoms with Crippen molar-refractivity contribution in [2.24, 2.45) is 22.4 Å². The first-order chi connectivity index (χ1) is 16.4. The maximum Gasteiger partial charge on any atom is 0.475 e. The van der Waals surface area contributed by atoms with E-state index >= 15 is 0 Å². The zero-order valence-corrected chi connectivity index (χ0v) is 20.8. The number of nitrogens with two attached hydrogens (primary N) is 2. The van der Waals surface area contributed by atoms with Crippen molar-refractivity contribution in [3.05, 3.63) is 48.7 Å². The Kier molecular flexibility index (Phi) is 10.7. The zero-order valence-electron chi connectivity index (χ0n) is 19.2. The van der Waals surface area contributed by atoms with Crippen LogP contribution in [0.4, 0.5) is 18.9 Å². The SMILES string of the molecule is C=C[C@H]1CC(NCCS(C)=O)CC[C@@H]1N/C=C(/C(N)=O)C(N)=Nc1ccc(S(=O)C(F)(F)F)cc1. The summed E-state index contributed by atoms with van der Waals surface area (Å²) in [5.41, 5.74) is 6.62. The van der Waals surface area contributed by atoms with Gasteiger partial charge in [-0.2, -0.15) is 13.2 Å². The van der Waals surface area contributed by atoms with Crippen molar-refractivity contribution in [3.8, 4) is 0 Å². The molecule has 0 aliphatic heterocycles. The number of amides is 1. The predicted octanol–water partition coefficient (Wildman–Crippen LogP) is 1.95. The average Bonchev–Trinajstić information content (AvgIpc) is 2.78. The molecule has 0 spiro atoms. The molecular formula is C22H30F3N5O3S2. The van der Waals surface area contributed by atoms with E-state index in [0.717, 1.165) is 31.4 Å². The molecule has 0 saturated heterocycles. The molecule has 1 amide bonds. The van der Waals surface area contributed by atoms with Gasteiger partial charge < -0.3 is 22.1 Å². The van der Waals surface area contributed by atoms with Gasteiger partial charge in [0.1, 0.15) is 5.84 Å². The van der Waals surface area contributed by atoms with Gasteiger partial charge in [-0.1, -0.05) is 6.08 Å². The van der Waals surface area contributed by atoms with E-state index in [1.807, 2.05) is 6.08 Å². The molecule has 35 heavy (non-hydrogen) atoms. The fourth-order valence-corrected chi connectivity index (χ4v) is 4.76. The predicted molar refractivity (Wildman–Crippen MR) is 133 cm³/mol. The normalized spacial score (nSPS) is 23.4. The highest BCUT2D eigenvalue weighted by molar-refractivity contribution is 7.86. The second kappa shape index (κ2) is 13.0. The van der Waals surface area contributed by atoms with Crippen molar-refractivity contribution >= 4 is 39.0 Å². The van der Waals surface area contributed by atoms with Crippen molar-refractivity contribution in [2.75, 3.05) is 18.6 Å². The average molecular weight is 534 g/mol. The van der Waals surface area contributed by atoms with Crippen molar-refractivity contribution in [3.63, 3.8) is 0 Å². The van der Waals surface area contributed by atoms with Gasteiger partial charge in [0, 0.05) is 52.5 Å². The van der Waals surface area contributed by atoms with Crippen LogP contribution in [-0.2, 0) is 26.4 Å². The second-order valence-corrected chi connectivity index (χ2v) is 11.1. The summed E-state index contributed by atoms with van der Waals surface area (Å²) in [7, 11) is -4.01. The summed E-state index contributed by atoms with van der Waals surface area (Å²) in [4.78, 5) is 15.6. The lowest BCUT2D eigenvalue weighted by molar-refractivity contribution is -0.114. The third-order valence-corrected chi connectivity index (χ3v) is 7.42. The van der Waals surface area contributed by atoms with Crippen LogP contribution in [0.15, 0.2) is 58.6 Å². The van der Waals surface area contributed by atoms with E-state index in [0.29, 0.717) is 12.3 Å². The summed E-state index contributed by atoms with van der Waals surface area (Å²) in [5, 5.41) is 6.58. The molecule has 194 valence electrons. The largest absolute Gasteiger partial charge is 0.475 e. The molecule has 1 saturated carbocycles. The number of amidine groups is 1. The van der Waals surface area contributed by atoms with Crippen molar-refractivity contribution < 1.29 is 26.4 Å². The minimum atomic E-state index is -4.87. The van der Waals surface area contributed by atoms with E-state index in [2.05, 4.69) is 22.2 Å². The number of nitrogens with zero attached hydrogens (tertiary/aromatic N) is 1. The highest BCUT2D eigenvalue weighted by Gasteiger charge is 2.37. The van der Waals surface area contributed by atoms with E-state index in [9.17, 15) is 26.4 Å². The van der Waals surface area contributed by atoms with Crippen LogP contribution in [-0.4, -0.2) is 56.3 Å². The number of hydrogen-bond donors (Lipinski definition) is 4. The molecule has 6 N–H and O–H groups in total. The first kappa shape index (κ1) is 28.7. The van der Waals surface area contributed by atoms with Crippen molar-refractivity contribution in [1.29, 1.82) is 0 Å². The molecule has 0 heterocycles. The number of primary amides is 1. The van der Waals surface area contributed by atoms with Crippen LogP contribution >= 0.6 is 0 Å². The maximum absolute atomic E-state index is 12.6. The first-order valence-electron chi connectivity index (χ1n) is 10.8. The van der Waals surface area contributed by atoms with Crippen molar-refractivity contribution in [1.82, 2.24) is 10.6 Å². The molecule has 1 fully saturated rings. The highest BCUT2D eigenvalue weighted by Crippen LogP contribution is 2.28. The van der Waals surface area contributed by atoms with Crippen LogP contribution in [0.3, 0.4) is 0 Å². The number of hydrogen-bond acceptors (Lipinski definition) is 6. The van der Waals surface area contributed by atoms with Crippen LogP contribution < -0.4 is 22.1 Å². The smallest absolute Gasteiger partial charge is 0.387 e. The zero-order chi connectivity index (χ0) is 26.2. The van der Waals surface area contributed by atoms with Crippen LogP contribution in [0.25, 0.3) is 0 Å². The van der Waals surface area contributed by atoms with Crippen LogP contribution in [0.5, 0.6) is 0 Å². The van der Waals surface area contributed by atoms with Gasteiger partial charge >= 0.3 is 5.51 Å². The molecule has 1 aliphatic carbocycles. The molecule has 0 aromatic heterocycles. The summed E-state index contributed by atoms with van der Waals surface area (Å²) < 4.78 is 60.5. The van der Waals surface area contributed by atoms with E-state index in [1.54, 1.807) is 6.26 Å². The fraction of sp³-hybridized carbons (Fsp3) is 0.455. The van der Waals surface area contributed by atoms with E-state index in [1.165, 1.54) is 18.3 Å². The third-order valence-electron chi connectivity index (χ3n) is 5.52. The Morgan fingerprint density at radius 3 is 2.43 bits per heavy atom. The molecule has 1 aromatic carbocycles. The fourth-order valence-electron chi connectivity index (χ4n) is 3.70. The number of rotatable bonds is 11. The lowest BCUT2D eigenvalue weighted by atomic mass is 9.81. The molecule has 13 heteroatoms. The van der Waals surface area contributed by atoms with Gasteiger partial charge in [0.05, 0.1) is 11.3 Å². The third kappa shape index (κ3) is 8.89. The van der Waals surface area contributed by atoms with E-state index in [4.69, 9.17) is 11.5 Å². The van der Waals surface area contributed by atoms with Gasteiger partial charge in [0.2, 0.25) is 0 Å². The summed E-state index contributed by atoms with van der Waals surface area (Å²) in [6.07, 6.45) is 7.35. The Balaban J connectivity index is 2.08. The van der Waals surface area contributed by atoms with Crippen LogP contribution in [0, 0.1) is 5.92 Å². The minimum Gasteiger partial charge on any atom is -0.387 e. The monoisotopic (exact) mass is 533 g/mol. The lowest BCUT2D eigenvalue weighted by Crippen LogP contribution is -2.45. The standard InChI is InChI=1S/C22H30F3N5O3S2/c1-3-14-12-16(28-10-11-34(2)32)6-9-19(14)29-13-18(21(27)31)20(26)30-15-4-7-17(8-5-15)35(33)22(23,24)25/h3-5,7-8,13-14,16,19,28-29H,1,6,9-12H2,2H3,(H2,26,30)(H2,27,31)/b18-13+/t14-,16?,19-,34?,35?/m0/s1. The number of carbonyl (C=O) groups excluding carboxylic acids is 1. The molecule has 2 rings (SSSR count). The molecule has 0 radical (unpaired) electrons. The second-order valence-electron chi connectivity index (χ2n) is 8.04. The Bertz CT molecular complexity index is 1010. The van der Waals surface area contributed by atoms with Crippen LogP contribution in [0.2, 0.25) is 0 Å². The number of aliphatic imine (C=N–C) groups is 1. The molecule has 1 aliphatic rings. The molecular weight excluding hydrogens is 503 g/mol. The summed E-state index contributed by atoms with van der Waals surface area (Å²) in [6, 6.07) is 4.73. The lowest BCUT2D eigenvalue weighted by Gasteiger charge is -2.35. The van der Waals surface area contributed by atoms with Gasteiger partial charge in [-0.05, 0) is 49.4 Å². The van der Waals surface area contributed by atoms with Gasteiger partial charge in [-0.15, -0.1) is 6.58 Å². The highest BCUT2D eigenvalue weighted by atomic mass is 32.2. The molecule has 3 unspecified atom stereocenters. The van der Waals surface area contributed by atoms with E-state index in [-0.39, 0.29) is 35.1 Å². The Morgan fingerprint density at radius 1 is 1.23 bits per heavy atom. The quantitative estimate of drug-likeness (QED) is 0.148. The number of carbonyl (C=O) groups is 1. The molecule has 8 nitrogen and oxygen atoms in total. The summed E-state index contributed by atoms with van der Waals surface area (Å²) in [6.45, 7) is 4.56. The van der Waals surface area contributed by atoms with Crippen LogP contribution in [0.1, 0.15) is 19.3 Å². The van der Waals surface area contributed by atoms with Gasteiger partial charge in [-0.25, -0.2) is 9.20 Å². The molecule has 1 aromatic rings. The maximum atomic E-state index is 12.6. The van der Waals surface area contributed by atoms with E-state index < -0.39 is 37.9 Å². The Morgan fingerprint density at radius 2 is 1.89 bits per heavy atom. The number of alkyl halides is 3. The number of benzene rings is 1. The summed E-state index contributed by atoms with van der Waals surface area (Å²) >= 11 is 0. The van der Waals surface area contributed by atoms with Gasteiger partial charge in [-0.3, -0.25) is 9.00 Å². The molecule has 0 bridgehead atoms. The number of nitrogens with one attached hydrogen (secondary N) is 2. The van der Waals surface area contributed by atoms with Gasteiger partial charge in [0.15, 0.2) is 10.8 Å². The number of halogens is 3. The Hall–Kier alpha value is -2.51. The minimum absolute atomic E-state index is 0.0235. The van der Waals surface area contributed by atoms with Crippen molar-refractivity contribution in [2.45, 2.75) is 41.7 Å². The first-order valence-corrected chi connectivity index (χ1v) is 13.6. The van der Waals surface area contributed by atoms with Gasteiger partial charge in [0.25, 0.3) is 5.91 Å². The summed E-state index contributed by atoms with van der Waals surface area (Å²) in [5.74, 6) is -0.360. The molecule has 5 atom stereocenters. The topological polar surface area (TPSA) is 140 Å².